The molecule has 0 rings (SSSR count). The molecule has 0 aromatic rings. The van der Waals surface area contributed by atoms with Crippen LogP contribution in [0.2, 0.25) is 0 Å². The van der Waals surface area contributed by atoms with Crippen molar-refractivity contribution in [1.29, 1.82) is 0 Å². The van der Waals surface area contributed by atoms with Gasteiger partial charge in [-0.2, -0.15) is 0 Å². The first kappa shape index (κ1) is 61.1. The van der Waals surface area contributed by atoms with E-state index in [1.54, 1.807) is 0 Å². The molecule has 0 saturated carbocycles. The SMILES string of the molecule is CC/C=C\C/C=C\CCCCC(=O)OCC(COC(=O)CCCCCCCCCCCC/C=C\C=C/CCCCC)OC(=O)CCCCCCC/C=C\CCCCCCCCCCC. The van der Waals surface area contributed by atoms with Crippen molar-refractivity contribution in [2.45, 2.75) is 277 Å². The van der Waals surface area contributed by atoms with Crippen LogP contribution in [0.1, 0.15) is 271 Å². The maximum absolute atomic E-state index is 12.8. The van der Waals surface area contributed by atoms with Gasteiger partial charge in [-0.05, 0) is 96.3 Å². The summed E-state index contributed by atoms with van der Waals surface area (Å²) in [6, 6.07) is 0. The Balaban J connectivity index is 4.31. The molecule has 6 heteroatoms. The van der Waals surface area contributed by atoms with Gasteiger partial charge in [0.25, 0.3) is 0 Å². The van der Waals surface area contributed by atoms with Crippen molar-refractivity contribution in [2.75, 3.05) is 13.2 Å². The van der Waals surface area contributed by atoms with E-state index in [1.165, 1.54) is 148 Å². The topological polar surface area (TPSA) is 78.9 Å². The average molecular weight is 895 g/mol. The molecule has 0 aromatic heterocycles. The van der Waals surface area contributed by atoms with Crippen LogP contribution in [0.15, 0.2) is 60.8 Å². The number of carbonyl (C=O) groups is 3. The number of hydrogen-bond donors (Lipinski definition) is 0. The highest BCUT2D eigenvalue weighted by Crippen LogP contribution is 2.15. The summed E-state index contributed by atoms with van der Waals surface area (Å²) in [6.07, 6.45) is 65.1. The second-order valence-corrected chi connectivity index (χ2v) is 18.1. The number of unbranched alkanes of at least 4 members (excludes halogenated alkanes) is 29. The average Bonchev–Trinajstić information content (AvgIpc) is 3.29. The molecule has 0 N–H and O–H groups in total. The van der Waals surface area contributed by atoms with Crippen LogP contribution < -0.4 is 0 Å². The van der Waals surface area contributed by atoms with E-state index in [0.717, 1.165) is 83.5 Å². The third kappa shape index (κ3) is 50.1. The fraction of sp³-hybridized carbons (Fsp3) is 0.776. The van der Waals surface area contributed by atoms with Gasteiger partial charge in [0.15, 0.2) is 6.10 Å². The standard InChI is InChI=1S/C58H102O6/c1-4-7-10-13-16-19-21-23-25-27-29-31-32-34-36-39-42-45-48-51-57(60)63-54-55(53-62-56(59)50-47-44-41-38-18-15-12-9-6-3)64-58(61)52-49-46-43-40-37-35-33-30-28-26-24-22-20-17-14-11-8-5-2/h9,12,16,18-19,21,23,30,33,38,55H,4-8,10-11,13-15,17,20,22,24-29,31-32,34-37,39-54H2,1-3H3/b12-9-,19-16-,23-21-,33-30-,38-18-. The van der Waals surface area contributed by atoms with Crippen molar-refractivity contribution in [3.63, 3.8) is 0 Å². The molecule has 0 heterocycles. The van der Waals surface area contributed by atoms with E-state index >= 15 is 0 Å². The smallest absolute Gasteiger partial charge is 0.306 e. The van der Waals surface area contributed by atoms with Gasteiger partial charge in [-0.25, -0.2) is 0 Å². The predicted molar refractivity (Wildman–Crippen MR) is 275 cm³/mol. The van der Waals surface area contributed by atoms with Gasteiger partial charge in [0.1, 0.15) is 13.2 Å². The van der Waals surface area contributed by atoms with Gasteiger partial charge in [-0.15, -0.1) is 0 Å². The van der Waals surface area contributed by atoms with Crippen LogP contribution in [0.25, 0.3) is 0 Å². The first-order valence-electron chi connectivity index (χ1n) is 27.3. The number of ether oxygens (including phenoxy) is 3. The molecule has 0 aliphatic rings. The van der Waals surface area contributed by atoms with Gasteiger partial charge in [0.2, 0.25) is 0 Å². The minimum atomic E-state index is -0.791. The minimum Gasteiger partial charge on any atom is -0.462 e. The van der Waals surface area contributed by atoms with Crippen LogP contribution in [0.3, 0.4) is 0 Å². The summed E-state index contributed by atoms with van der Waals surface area (Å²) in [6.45, 7) is 6.46. The molecule has 0 bridgehead atoms. The first-order valence-corrected chi connectivity index (χ1v) is 27.3. The molecule has 370 valence electrons. The number of rotatable bonds is 49. The van der Waals surface area contributed by atoms with Gasteiger partial charge < -0.3 is 14.2 Å². The maximum atomic E-state index is 12.8. The Labute approximate surface area is 396 Å². The van der Waals surface area contributed by atoms with E-state index in [1.807, 2.05) is 0 Å². The van der Waals surface area contributed by atoms with Crippen molar-refractivity contribution in [3.8, 4) is 0 Å². The van der Waals surface area contributed by atoms with Crippen LogP contribution in [-0.2, 0) is 28.6 Å². The van der Waals surface area contributed by atoms with E-state index in [9.17, 15) is 14.4 Å². The van der Waals surface area contributed by atoms with Gasteiger partial charge >= 0.3 is 17.9 Å². The molecule has 1 atom stereocenters. The minimum absolute atomic E-state index is 0.0891. The van der Waals surface area contributed by atoms with Crippen molar-refractivity contribution >= 4 is 17.9 Å². The van der Waals surface area contributed by atoms with Crippen LogP contribution >= 0.6 is 0 Å². The largest absolute Gasteiger partial charge is 0.462 e. The van der Waals surface area contributed by atoms with Gasteiger partial charge in [-0.3, -0.25) is 14.4 Å². The second-order valence-electron chi connectivity index (χ2n) is 18.1. The highest BCUT2D eigenvalue weighted by molar-refractivity contribution is 5.71. The molecule has 1 unspecified atom stereocenters. The van der Waals surface area contributed by atoms with Gasteiger partial charge in [-0.1, -0.05) is 216 Å². The number of allylic oxidation sites excluding steroid dienone is 10. The number of esters is 3. The molecular weight excluding hydrogens is 793 g/mol. The number of hydrogen-bond acceptors (Lipinski definition) is 6. The third-order valence-electron chi connectivity index (χ3n) is 11.8. The van der Waals surface area contributed by atoms with Gasteiger partial charge in [0, 0.05) is 19.3 Å². The molecule has 0 amide bonds. The maximum Gasteiger partial charge on any atom is 0.306 e. The summed E-state index contributed by atoms with van der Waals surface area (Å²) >= 11 is 0. The Kier molecular flexibility index (Phi) is 50.4. The fourth-order valence-electron chi connectivity index (χ4n) is 7.64. The van der Waals surface area contributed by atoms with Crippen molar-refractivity contribution in [2.24, 2.45) is 0 Å². The monoisotopic (exact) mass is 895 g/mol. The van der Waals surface area contributed by atoms with E-state index in [2.05, 4.69) is 81.5 Å². The Morgan fingerprint density at radius 2 is 0.656 bits per heavy atom. The summed E-state index contributed by atoms with van der Waals surface area (Å²) in [5, 5.41) is 0. The fourth-order valence-corrected chi connectivity index (χ4v) is 7.64. The summed E-state index contributed by atoms with van der Waals surface area (Å²) in [5.41, 5.74) is 0. The van der Waals surface area contributed by atoms with E-state index in [0.29, 0.717) is 19.3 Å². The first-order chi connectivity index (χ1) is 31.5. The highest BCUT2D eigenvalue weighted by atomic mass is 16.6. The number of carbonyl (C=O) groups excluding carboxylic acids is 3. The zero-order chi connectivity index (χ0) is 46.5. The molecule has 64 heavy (non-hydrogen) atoms. The zero-order valence-electron chi connectivity index (χ0n) is 42.3. The van der Waals surface area contributed by atoms with Crippen LogP contribution in [-0.4, -0.2) is 37.2 Å². The van der Waals surface area contributed by atoms with Gasteiger partial charge in [0.05, 0.1) is 0 Å². The summed E-state index contributed by atoms with van der Waals surface area (Å²) in [4.78, 5) is 37.9. The second kappa shape index (κ2) is 52.7. The molecule has 0 radical (unpaired) electrons. The Morgan fingerprint density at radius 3 is 1.11 bits per heavy atom. The van der Waals surface area contributed by atoms with Crippen molar-refractivity contribution in [1.82, 2.24) is 0 Å². The molecule has 0 aliphatic heterocycles. The lowest BCUT2D eigenvalue weighted by molar-refractivity contribution is -0.167. The lowest BCUT2D eigenvalue weighted by Crippen LogP contribution is -2.30. The van der Waals surface area contributed by atoms with Crippen molar-refractivity contribution in [3.05, 3.63) is 60.8 Å². The lowest BCUT2D eigenvalue weighted by Gasteiger charge is -2.18. The lowest BCUT2D eigenvalue weighted by atomic mass is 10.1. The summed E-state index contributed by atoms with van der Waals surface area (Å²) in [7, 11) is 0. The zero-order valence-corrected chi connectivity index (χ0v) is 42.3. The van der Waals surface area contributed by atoms with Crippen LogP contribution in [0, 0.1) is 0 Å². The quantitative estimate of drug-likeness (QED) is 0.0199. The molecule has 0 aliphatic carbocycles. The van der Waals surface area contributed by atoms with E-state index in [4.69, 9.17) is 14.2 Å². The Hall–Kier alpha value is -2.89. The molecule has 0 spiro atoms. The molecular formula is C58H102O6. The Bertz CT molecular complexity index is 1170. The molecule has 0 saturated heterocycles. The highest BCUT2D eigenvalue weighted by Gasteiger charge is 2.19. The molecule has 0 fully saturated rings. The van der Waals surface area contributed by atoms with E-state index < -0.39 is 6.10 Å². The van der Waals surface area contributed by atoms with E-state index in [-0.39, 0.29) is 31.1 Å². The normalized spacial score (nSPS) is 12.5. The van der Waals surface area contributed by atoms with Crippen LogP contribution in [0.5, 0.6) is 0 Å². The Morgan fingerprint density at radius 1 is 0.344 bits per heavy atom. The van der Waals surface area contributed by atoms with Crippen molar-refractivity contribution < 1.29 is 28.6 Å². The third-order valence-corrected chi connectivity index (χ3v) is 11.8. The summed E-state index contributed by atoms with van der Waals surface area (Å²) in [5.74, 6) is -0.933. The molecule has 0 aromatic carbocycles. The van der Waals surface area contributed by atoms with Crippen LogP contribution in [0.4, 0.5) is 0 Å². The molecule has 6 nitrogen and oxygen atoms in total. The predicted octanol–water partition coefficient (Wildman–Crippen LogP) is 18.0. The summed E-state index contributed by atoms with van der Waals surface area (Å²) < 4.78 is 16.8.